The van der Waals surface area contributed by atoms with Gasteiger partial charge >= 0.3 is 0 Å². The van der Waals surface area contributed by atoms with Gasteiger partial charge in [-0.25, -0.2) is 4.39 Å². The Labute approximate surface area is 120 Å². The predicted molar refractivity (Wildman–Crippen MR) is 80.6 cm³/mol. The van der Waals surface area contributed by atoms with E-state index in [1.54, 1.807) is 19.2 Å². The molecule has 0 saturated heterocycles. The molecule has 112 valence electrons. The van der Waals surface area contributed by atoms with Gasteiger partial charge in [0.2, 0.25) is 0 Å². The Morgan fingerprint density at radius 3 is 2.80 bits per heavy atom. The van der Waals surface area contributed by atoms with Crippen LogP contribution in [0.3, 0.4) is 0 Å². The summed E-state index contributed by atoms with van der Waals surface area (Å²) >= 11 is 0. The van der Waals surface area contributed by atoms with Crippen molar-refractivity contribution in [2.45, 2.75) is 44.7 Å². The lowest BCUT2D eigenvalue weighted by molar-refractivity contribution is 0.205. The number of hydrogen-bond donors (Lipinski definition) is 1. The average molecular weight is 280 g/mol. The quantitative estimate of drug-likeness (QED) is 0.795. The molecule has 0 spiro atoms. The van der Waals surface area contributed by atoms with Gasteiger partial charge < -0.3 is 15.4 Å². The number of methoxy groups -OCH3 is 1. The average Bonchev–Trinajstić information content (AvgIpc) is 3.25. The van der Waals surface area contributed by atoms with E-state index in [4.69, 9.17) is 10.5 Å². The standard InChI is InChI=1S/C16H25FN2O/c1-3-14(18)11-12-10-13(17)4-7-16(12)19(8-9-20-2)15-5-6-15/h4,7,10,14-15H,3,5-6,8-9,11,18H2,1-2H3. The van der Waals surface area contributed by atoms with Crippen molar-refractivity contribution in [3.05, 3.63) is 29.6 Å². The molecule has 0 amide bonds. The normalized spacial score (nSPS) is 16.2. The molecule has 2 N–H and O–H groups in total. The van der Waals surface area contributed by atoms with Crippen LogP contribution >= 0.6 is 0 Å². The van der Waals surface area contributed by atoms with Crippen LogP contribution in [0.4, 0.5) is 10.1 Å². The lowest BCUT2D eigenvalue weighted by Crippen LogP contribution is -2.31. The van der Waals surface area contributed by atoms with Crippen molar-refractivity contribution in [2.24, 2.45) is 5.73 Å². The fraction of sp³-hybridized carbons (Fsp3) is 0.625. The fourth-order valence-corrected chi connectivity index (χ4v) is 2.50. The van der Waals surface area contributed by atoms with Crippen LogP contribution in [-0.4, -0.2) is 32.3 Å². The van der Waals surface area contributed by atoms with Crippen molar-refractivity contribution in [1.29, 1.82) is 0 Å². The van der Waals surface area contributed by atoms with Crippen LogP contribution in [-0.2, 0) is 11.2 Å². The molecule has 1 saturated carbocycles. The first-order valence-corrected chi connectivity index (χ1v) is 7.45. The fourth-order valence-electron chi connectivity index (χ4n) is 2.50. The Hall–Kier alpha value is -1.13. The minimum atomic E-state index is -0.186. The van der Waals surface area contributed by atoms with Gasteiger partial charge in [-0.3, -0.25) is 0 Å². The summed E-state index contributed by atoms with van der Waals surface area (Å²) in [6.07, 6.45) is 4.04. The van der Waals surface area contributed by atoms with Crippen molar-refractivity contribution in [3.8, 4) is 0 Å². The van der Waals surface area contributed by atoms with E-state index in [-0.39, 0.29) is 11.9 Å². The number of nitrogens with zero attached hydrogens (tertiary/aromatic N) is 1. The zero-order valence-electron chi connectivity index (χ0n) is 12.4. The number of nitrogens with two attached hydrogens (primary N) is 1. The maximum Gasteiger partial charge on any atom is 0.123 e. The van der Waals surface area contributed by atoms with E-state index in [1.807, 2.05) is 6.07 Å². The number of ether oxygens (including phenoxy) is 1. The Morgan fingerprint density at radius 2 is 2.20 bits per heavy atom. The van der Waals surface area contributed by atoms with E-state index in [2.05, 4.69) is 11.8 Å². The Balaban J connectivity index is 2.22. The largest absolute Gasteiger partial charge is 0.383 e. The first-order valence-electron chi connectivity index (χ1n) is 7.45. The maximum atomic E-state index is 13.5. The highest BCUT2D eigenvalue weighted by molar-refractivity contribution is 5.56. The summed E-state index contributed by atoms with van der Waals surface area (Å²) < 4.78 is 18.7. The van der Waals surface area contributed by atoms with E-state index in [0.717, 1.165) is 30.6 Å². The summed E-state index contributed by atoms with van der Waals surface area (Å²) in [4.78, 5) is 2.35. The summed E-state index contributed by atoms with van der Waals surface area (Å²) in [6.45, 7) is 3.60. The second-order valence-electron chi connectivity index (χ2n) is 5.56. The third kappa shape index (κ3) is 3.93. The summed E-state index contributed by atoms with van der Waals surface area (Å²) in [7, 11) is 1.71. The number of rotatable bonds is 8. The van der Waals surface area contributed by atoms with Gasteiger partial charge in [0.1, 0.15) is 5.82 Å². The number of benzene rings is 1. The molecular weight excluding hydrogens is 255 g/mol. The zero-order valence-corrected chi connectivity index (χ0v) is 12.4. The molecule has 0 radical (unpaired) electrons. The molecule has 0 heterocycles. The molecule has 2 rings (SSSR count). The molecule has 20 heavy (non-hydrogen) atoms. The summed E-state index contributed by atoms with van der Waals surface area (Å²) in [6, 6.07) is 5.72. The molecule has 1 aliphatic rings. The molecule has 0 aliphatic heterocycles. The second-order valence-corrected chi connectivity index (χ2v) is 5.56. The van der Waals surface area contributed by atoms with Gasteiger partial charge in [0, 0.05) is 31.4 Å². The summed E-state index contributed by atoms with van der Waals surface area (Å²) in [5, 5.41) is 0. The van der Waals surface area contributed by atoms with Crippen LogP contribution in [0.2, 0.25) is 0 Å². The highest BCUT2D eigenvalue weighted by Gasteiger charge is 2.30. The first-order chi connectivity index (χ1) is 9.65. The summed E-state index contributed by atoms with van der Waals surface area (Å²) in [5.74, 6) is -0.186. The summed E-state index contributed by atoms with van der Waals surface area (Å²) in [5.41, 5.74) is 8.19. The lowest BCUT2D eigenvalue weighted by atomic mass is 10.0. The van der Waals surface area contributed by atoms with Crippen LogP contribution in [0, 0.1) is 5.82 Å². The van der Waals surface area contributed by atoms with Gasteiger partial charge in [0.15, 0.2) is 0 Å². The van der Waals surface area contributed by atoms with Crippen LogP contribution in [0.1, 0.15) is 31.7 Å². The number of halogens is 1. The van der Waals surface area contributed by atoms with Crippen molar-refractivity contribution in [1.82, 2.24) is 0 Å². The molecule has 0 aromatic heterocycles. The van der Waals surface area contributed by atoms with Crippen LogP contribution in [0.5, 0.6) is 0 Å². The van der Waals surface area contributed by atoms with Gasteiger partial charge in [-0.05, 0) is 49.4 Å². The maximum absolute atomic E-state index is 13.5. The van der Waals surface area contributed by atoms with E-state index in [1.165, 1.54) is 12.8 Å². The minimum Gasteiger partial charge on any atom is -0.383 e. The molecule has 1 aromatic carbocycles. The molecule has 1 aromatic rings. The van der Waals surface area contributed by atoms with Gasteiger partial charge in [0.05, 0.1) is 6.61 Å². The van der Waals surface area contributed by atoms with Crippen molar-refractivity contribution >= 4 is 5.69 Å². The Bertz CT molecular complexity index is 434. The van der Waals surface area contributed by atoms with E-state index in [0.29, 0.717) is 12.6 Å². The van der Waals surface area contributed by atoms with Gasteiger partial charge in [-0.15, -0.1) is 0 Å². The third-order valence-electron chi connectivity index (χ3n) is 3.88. The van der Waals surface area contributed by atoms with Gasteiger partial charge in [-0.2, -0.15) is 0 Å². The van der Waals surface area contributed by atoms with E-state index >= 15 is 0 Å². The number of hydrogen-bond acceptors (Lipinski definition) is 3. The van der Waals surface area contributed by atoms with Crippen LogP contribution in [0.15, 0.2) is 18.2 Å². The second kappa shape index (κ2) is 7.04. The minimum absolute atomic E-state index is 0.0824. The molecule has 1 aliphatic carbocycles. The highest BCUT2D eigenvalue weighted by Crippen LogP contribution is 2.34. The molecule has 3 nitrogen and oxygen atoms in total. The van der Waals surface area contributed by atoms with Crippen molar-refractivity contribution < 1.29 is 9.13 Å². The molecule has 1 fully saturated rings. The molecule has 4 heteroatoms. The smallest absolute Gasteiger partial charge is 0.123 e. The van der Waals surface area contributed by atoms with Gasteiger partial charge in [0.25, 0.3) is 0 Å². The van der Waals surface area contributed by atoms with Crippen LogP contribution in [0.25, 0.3) is 0 Å². The molecular formula is C16H25FN2O. The van der Waals surface area contributed by atoms with Gasteiger partial charge in [-0.1, -0.05) is 6.92 Å². The van der Waals surface area contributed by atoms with E-state index in [9.17, 15) is 4.39 Å². The van der Waals surface area contributed by atoms with Crippen LogP contribution < -0.4 is 10.6 Å². The highest BCUT2D eigenvalue weighted by atomic mass is 19.1. The predicted octanol–water partition coefficient (Wildman–Crippen LogP) is 2.72. The van der Waals surface area contributed by atoms with Crippen molar-refractivity contribution in [3.63, 3.8) is 0 Å². The molecule has 0 bridgehead atoms. The Morgan fingerprint density at radius 1 is 1.45 bits per heavy atom. The Kier molecular flexibility index (Phi) is 5.38. The zero-order chi connectivity index (χ0) is 14.5. The SMILES string of the molecule is CCC(N)Cc1cc(F)ccc1N(CCOC)C1CC1. The topological polar surface area (TPSA) is 38.5 Å². The number of anilines is 1. The van der Waals surface area contributed by atoms with E-state index < -0.39 is 0 Å². The van der Waals surface area contributed by atoms with Crippen molar-refractivity contribution in [2.75, 3.05) is 25.2 Å². The molecule has 1 unspecified atom stereocenters. The third-order valence-corrected chi connectivity index (χ3v) is 3.88. The molecule has 1 atom stereocenters. The first kappa shape index (κ1) is 15.3. The monoisotopic (exact) mass is 280 g/mol. The lowest BCUT2D eigenvalue weighted by Gasteiger charge is -2.27.